The Hall–Kier alpha value is -0.870. The van der Waals surface area contributed by atoms with Gasteiger partial charge in [-0.15, -0.1) is 0 Å². The predicted octanol–water partition coefficient (Wildman–Crippen LogP) is 0.364. The van der Waals surface area contributed by atoms with E-state index in [-0.39, 0.29) is 5.75 Å². The smallest absolute Gasteiger partial charge is 0.179 e. The first-order chi connectivity index (χ1) is 6.20. The third-order valence-electron chi connectivity index (χ3n) is 2.08. The summed E-state index contributed by atoms with van der Waals surface area (Å²) in [4.78, 5) is 0.431. The summed E-state index contributed by atoms with van der Waals surface area (Å²) in [6.07, 6.45) is 0. The Morgan fingerprint density at radius 2 is 2.31 bits per heavy atom. The molecule has 1 aliphatic rings. The van der Waals surface area contributed by atoms with E-state index in [0.29, 0.717) is 18.0 Å². The molecular formula is C9H10NO2S. The average Bonchev–Trinajstić information content (AvgIpc) is 2.26. The molecule has 0 aromatic heterocycles. The molecule has 0 saturated heterocycles. The number of sulfone groups is 1. The monoisotopic (exact) mass is 196 g/mol. The number of fused-ring (bicyclic) bond motifs is 1. The normalized spacial score (nSPS) is 20.3. The summed E-state index contributed by atoms with van der Waals surface area (Å²) < 4.78 is 23.3. The maximum atomic E-state index is 11.6. The van der Waals surface area contributed by atoms with Gasteiger partial charge in [-0.25, -0.2) is 8.42 Å². The van der Waals surface area contributed by atoms with E-state index in [2.05, 4.69) is 11.4 Å². The molecule has 1 heterocycles. The van der Waals surface area contributed by atoms with Crippen molar-refractivity contribution in [3.63, 3.8) is 0 Å². The van der Waals surface area contributed by atoms with Gasteiger partial charge in [0.15, 0.2) is 9.84 Å². The molecule has 2 rings (SSSR count). The number of rotatable bonds is 0. The first-order valence-corrected chi connectivity index (χ1v) is 5.78. The standard InChI is InChI=1S/C9H10NO2S/c11-13(12)6-5-10-7-8-3-1-2-4-9(8)13/h1-2,4,10H,5-7H2. The molecule has 0 fully saturated rings. The maximum Gasteiger partial charge on any atom is 0.179 e. The van der Waals surface area contributed by atoms with Gasteiger partial charge in [0.25, 0.3) is 0 Å². The minimum absolute atomic E-state index is 0.178. The molecule has 0 spiro atoms. The summed E-state index contributed by atoms with van der Waals surface area (Å²) in [6, 6.07) is 8.04. The van der Waals surface area contributed by atoms with Gasteiger partial charge in [0.2, 0.25) is 0 Å². The van der Waals surface area contributed by atoms with E-state index in [1.54, 1.807) is 18.2 Å². The third-order valence-corrected chi connectivity index (χ3v) is 3.88. The minimum Gasteiger partial charge on any atom is -0.312 e. The second-order valence-corrected chi connectivity index (χ2v) is 5.09. The van der Waals surface area contributed by atoms with E-state index in [9.17, 15) is 8.42 Å². The summed E-state index contributed by atoms with van der Waals surface area (Å²) in [5, 5.41) is 3.05. The molecule has 1 aliphatic heterocycles. The molecule has 0 bridgehead atoms. The topological polar surface area (TPSA) is 46.2 Å². The molecule has 4 heteroatoms. The lowest BCUT2D eigenvalue weighted by Gasteiger charge is -2.02. The van der Waals surface area contributed by atoms with Gasteiger partial charge >= 0.3 is 0 Å². The van der Waals surface area contributed by atoms with Crippen LogP contribution < -0.4 is 5.32 Å². The predicted molar refractivity (Wildman–Crippen MR) is 49.0 cm³/mol. The van der Waals surface area contributed by atoms with Crippen molar-refractivity contribution >= 4 is 9.84 Å². The molecule has 13 heavy (non-hydrogen) atoms. The minimum atomic E-state index is -3.07. The van der Waals surface area contributed by atoms with E-state index >= 15 is 0 Å². The van der Waals surface area contributed by atoms with Gasteiger partial charge in [0, 0.05) is 13.1 Å². The van der Waals surface area contributed by atoms with E-state index in [4.69, 9.17) is 0 Å². The Morgan fingerprint density at radius 3 is 3.15 bits per heavy atom. The fraction of sp³-hybridized carbons (Fsp3) is 0.333. The van der Waals surface area contributed by atoms with Crippen LogP contribution in [0.5, 0.6) is 0 Å². The van der Waals surface area contributed by atoms with Crippen molar-refractivity contribution in [1.29, 1.82) is 0 Å². The van der Waals surface area contributed by atoms with Crippen molar-refractivity contribution in [1.82, 2.24) is 5.32 Å². The molecule has 1 radical (unpaired) electrons. The van der Waals surface area contributed by atoms with Crippen LogP contribution in [0.3, 0.4) is 0 Å². The highest BCUT2D eigenvalue weighted by atomic mass is 32.2. The highest BCUT2D eigenvalue weighted by molar-refractivity contribution is 7.91. The fourth-order valence-corrected chi connectivity index (χ4v) is 2.84. The Bertz CT molecular complexity index is 411. The van der Waals surface area contributed by atoms with Crippen LogP contribution in [-0.2, 0) is 16.4 Å². The third kappa shape index (κ3) is 1.59. The quantitative estimate of drug-likeness (QED) is 0.652. The lowest BCUT2D eigenvalue weighted by Crippen LogP contribution is -2.17. The number of hydrogen-bond acceptors (Lipinski definition) is 3. The van der Waals surface area contributed by atoms with Crippen molar-refractivity contribution in [2.45, 2.75) is 11.4 Å². The van der Waals surface area contributed by atoms with Gasteiger partial charge in [0.05, 0.1) is 10.6 Å². The van der Waals surface area contributed by atoms with Gasteiger partial charge < -0.3 is 5.32 Å². The van der Waals surface area contributed by atoms with Gasteiger partial charge in [-0.1, -0.05) is 12.1 Å². The van der Waals surface area contributed by atoms with Crippen LogP contribution in [0.2, 0.25) is 0 Å². The lowest BCUT2D eigenvalue weighted by molar-refractivity contribution is 0.595. The summed E-state index contributed by atoms with van der Waals surface area (Å²) in [7, 11) is -3.07. The Labute approximate surface area is 77.7 Å². The molecule has 0 aliphatic carbocycles. The van der Waals surface area contributed by atoms with Gasteiger partial charge in [-0.05, 0) is 17.7 Å². The van der Waals surface area contributed by atoms with Crippen LogP contribution in [0.1, 0.15) is 5.56 Å². The van der Waals surface area contributed by atoms with Crippen LogP contribution in [0, 0.1) is 6.07 Å². The molecule has 0 amide bonds. The summed E-state index contributed by atoms with van der Waals surface area (Å²) >= 11 is 0. The second-order valence-electron chi connectivity index (χ2n) is 3.01. The van der Waals surface area contributed by atoms with E-state index < -0.39 is 9.84 Å². The number of benzene rings is 1. The van der Waals surface area contributed by atoms with Crippen molar-refractivity contribution in [2.24, 2.45) is 0 Å². The molecule has 0 saturated carbocycles. The lowest BCUT2D eigenvalue weighted by atomic mass is 10.2. The fourth-order valence-electron chi connectivity index (χ4n) is 1.42. The molecule has 69 valence electrons. The number of nitrogens with one attached hydrogen (secondary N) is 1. The highest BCUT2D eigenvalue weighted by Gasteiger charge is 2.20. The zero-order chi connectivity index (χ0) is 9.31. The van der Waals surface area contributed by atoms with Crippen LogP contribution in [0.15, 0.2) is 23.1 Å². The number of hydrogen-bond donors (Lipinski definition) is 1. The van der Waals surface area contributed by atoms with Crippen LogP contribution in [0.4, 0.5) is 0 Å². The summed E-state index contributed by atoms with van der Waals surface area (Å²) in [5.74, 6) is 0.178. The second kappa shape index (κ2) is 3.12. The largest absolute Gasteiger partial charge is 0.312 e. The van der Waals surface area contributed by atoms with Crippen LogP contribution in [0.25, 0.3) is 0 Å². The zero-order valence-electron chi connectivity index (χ0n) is 7.08. The van der Waals surface area contributed by atoms with E-state index in [0.717, 1.165) is 5.56 Å². The van der Waals surface area contributed by atoms with E-state index in [1.165, 1.54) is 0 Å². The van der Waals surface area contributed by atoms with Gasteiger partial charge in [0.1, 0.15) is 0 Å². The zero-order valence-corrected chi connectivity index (χ0v) is 7.89. The van der Waals surface area contributed by atoms with E-state index in [1.807, 2.05) is 0 Å². The molecule has 1 N–H and O–H groups in total. The summed E-state index contributed by atoms with van der Waals surface area (Å²) in [6.45, 7) is 1.11. The molecular weight excluding hydrogens is 186 g/mol. The molecule has 1 aromatic carbocycles. The Kier molecular flexibility index (Phi) is 2.09. The first kappa shape index (κ1) is 8.72. The van der Waals surface area contributed by atoms with Crippen molar-refractivity contribution < 1.29 is 8.42 Å². The molecule has 0 unspecified atom stereocenters. The molecule has 1 aromatic rings. The molecule has 3 nitrogen and oxygen atoms in total. The molecule has 0 atom stereocenters. The van der Waals surface area contributed by atoms with Crippen molar-refractivity contribution in [2.75, 3.05) is 12.3 Å². The average molecular weight is 196 g/mol. The highest BCUT2D eigenvalue weighted by Crippen LogP contribution is 2.17. The maximum absolute atomic E-state index is 11.6. The Balaban J connectivity index is 2.62. The van der Waals surface area contributed by atoms with Crippen molar-refractivity contribution in [3.05, 3.63) is 29.8 Å². The van der Waals surface area contributed by atoms with Crippen LogP contribution >= 0.6 is 0 Å². The van der Waals surface area contributed by atoms with Crippen LogP contribution in [-0.4, -0.2) is 20.7 Å². The Morgan fingerprint density at radius 1 is 1.46 bits per heavy atom. The van der Waals surface area contributed by atoms with Gasteiger partial charge in [-0.3, -0.25) is 0 Å². The van der Waals surface area contributed by atoms with Crippen molar-refractivity contribution in [3.8, 4) is 0 Å². The summed E-state index contributed by atoms with van der Waals surface area (Å²) in [5.41, 5.74) is 0.750. The van der Waals surface area contributed by atoms with Gasteiger partial charge in [-0.2, -0.15) is 0 Å². The SMILES string of the molecule is O=S1(=O)CCNCc2[c]cccc21. The first-order valence-electron chi connectivity index (χ1n) is 4.13.